The van der Waals surface area contributed by atoms with Crippen LogP contribution in [0, 0.1) is 0 Å². The van der Waals surface area contributed by atoms with Crippen LogP contribution in [0.1, 0.15) is 45.6 Å². The minimum Gasteiger partial charge on any atom is -0.494 e. The largest absolute Gasteiger partial charge is 0.494 e. The molecule has 0 unspecified atom stereocenters. The van der Waals surface area contributed by atoms with Crippen LogP contribution in [0.15, 0.2) is 29.8 Å². The number of hydrogen-bond donors (Lipinski definition) is 0. The van der Waals surface area contributed by atoms with E-state index in [1.165, 1.54) is 19.9 Å². The summed E-state index contributed by atoms with van der Waals surface area (Å²) in [7, 11) is 0. The number of cyclic esters (lactones) is 2. The Kier molecular flexibility index (Phi) is 6.98. The molecule has 0 atom stereocenters. The van der Waals surface area contributed by atoms with Crippen molar-refractivity contribution in [3.8, 4) is 5.75 Å². The van der Waals surface area contributed by atoms with Crippen LogP contribution >= 0.6 is 0 Å². The lowest BCUT2D eigenvalue weighted by atomic mass is 10.1. The van der Waals surface area contributed by atoms with Crippen molar-refractivity contribution in [1.82, 2.24) is 0 Å². The van der Waals surface area contributed by atoms with Crippen molar-refractivity contribution >= 4 is 24.0 Å². The SMILES string of the molecule is CCOC(=O)CCCCOc1cccc(C=C2C(=O)OC(C)(C)OC2=O)c1. The van der Waals surface area contributed by atoms with Gasteiger partial charge in [-0.15, -0.1) is 0 Å². The van der Waals surface area contributed by atoms with E-state index in [0.717, 1.165) is 0 Å². The Balaban J connectivity index is 1.91. The van der Waals surface area contributed by atoms with E-state index in [2.05, 4.69) is 0 Å². The van der Waals surface area contributed by atoms with Gasteiger partial charge in [0.1, 0.15) is 11.3 Å². The Bertz CT molecular complexity index is 712. The molecule has 1 aliphatic heterocycles. The lowest BCUT2D eigenvalue weighted by molar-refractivity contribution is -0.222. The van der Waals surface area contributed by atoms with Crippen molar-refractivity contribution in [2.45, 2.75) is 45.8 Å². The first-order valence-corrected chi connectivity index (χ1v) is 8.87. The highest BCUT2D eigenvalue weighted by atomic mass is 16.7. The van der Waals surface area contributed by atoms with Gasteiger partial charge in [0.2, 0.25) is 0 Å². The third kappa shape index (κ3) is 6.44. The van der Waals surface area contributed by atoms with E-state index in [-0.39, 0.29) is 11.5 Å². The highest BCUT2D eigenvalue weighted by Crippen LogP contribution is 2.25. The zero-order chi connectivity index (χ0) is 19.9. The summed E-state index contributed by atoms with van der Waals surface area (Å²) in [6, 6.07) is 6.97. The van der Waals surface area contributed by atoms with Gasteiger partial charge in [0.15, 0.2) is 0 Å². The Labute approximate surface area is 158 Å². The van der Waals surface area contributed by atoms with Gasteiger partial charge in [0, 0.05) is 20.3 Å². The van der Waals surface area contributed by atoms with E-state index in [1.807, 2.05) is 0 Å². The van der Waals surface area contributed by atoms with Crippen LogP contribution < -0.4 is 4.74 Å². The predicted octanol–water partition coefficient (Wildman–Crippen LogP) is 3.02. The molecule has 146 valence electrons. The standard InChI is InChI=1S/C20H24O7/c1-4-24-17(21)10-5-6-11-25-15-9-7-8-14(12-15)13-16-18(22)26-20(2,3)27-19(16)23/h7-9,12-13H,4-6,10-11H2,1-3H3. The zero-order valence-corrected chi connectivity index (χ0v) is 15.8. The van der Waals surface area contributed by atoms with Gasteiger partial charge in [-0.3, -0.25) is 4.79 Å². The number of ether oxygens (including phenoxy) is 4. The predicted molar refractivity (Wildman–Crippen MR) is 96.7 cm³/mol. The Morgan fingerprint density at radius 3 is 2.52 bits per heavy atom. The number of esters is 3. The highest BCUT2D eigenvalue weighted by Gasteiger charge is 2.38. The quantitative estimate of drug-likeness (QED) is 0.298. The zero-order valence-electron chi connectivity index (χ0n) is 15.8. The fourth-order valence-electron chi connectivity index (χ4n) is 2.43. The minimum atomic E-state index is -1.26. The van der Waals surface area contributed by atoms with Crippen LogP contribution in [0.3, 0.4) is 0 Å². The molecule has 1 saturated heterocycles. The fourth-order valence-corrected chi connectivity index (χ4v) is 2.43. The maximum absolute atomic E-state index is 12.0. The molecule has 7 heteroatoms. The molecule has 0 radical (unpaired) electrons. The van der Waals surface area contributed by atoms with E-state index in [4.69, 9.17) is 18.9 Å². The molecule has 1 aromatic carbocycles. The number of carbonyl (C=O) groups excluding carboxylic acids is 3. The van der Waals surface area contributed by atoms with E-state index in [1.54, 1.807) is 31.2 Å². The van der Waals surface area contributed by atoms with Gasteiger partial charge in [-0.2, -0.15) is 0 Å². The first-order chi connectivity index (χ1) is 12.8. The van der Waals surface area contributed by atoms with Crippen LogP contribution in [0.2, 0.25) is 0 Å². The first kappa shape index (κ1) is 20.5. The number of benzene rings is 1. The van der Waals surface area contributed by atoms with Gasteiger partial charge in [0.05, 0.1) is 13.2 Å². The summed E-state index contributed by atoms with van der Waals surface area (Å²) in [4.78, 5) is 35.2. The lowest BCUT2D eigenvalue weighted by Gasteiger charge is -2.29. The molecule has 0 spiro atoms. The number of rotatable bonds is 8. The summed E-state index contributed by atoms with van der Waals surface area (Å²) in [5.41, 5.74) is 0.448. The van der Waals surface area contributed by atoms with Crippen LogP contribution in [0.5, 0.6) is 5.75 Å². The average molecular weight is 376 g/mol. The summed E-state index contributed by atoms with van der Waals surface area (Å²) in [5.74, 6) is -2.32. The topological polar surface area (TPSA) is 88.1 Å². The van der Waals surface area contributed by atoms with Gasteiger partial charge in [-0.1, -0.05) is 12.1 Å². The third-order valence-electron chi connectivity index (χ3n) is 3.64. The molecule has 1 fully saturated rings. The van der Waals surface area contributed by atoms with E-state index < -0.39 is 17.7 Å². The fraction of sp³-hybridized carbons (Fsp3) is 0.450. The van der Waals surface area contributed by atoms with Crippen LogP contribution in [-0.2, 0) is 28.6 Å². The molecule has 27 heavy (non-hydrogen) atoms. The highest BCUT2D eigenvalue weighted by molar-refractivity contribution is 6.18. The summed E-state index contributed by atoms with van der Waals surface area (Å²) in [6.07, 6.45) is 3.16. The first-order valence-electron chi connectivity index (χ1n) is 8.87. The maximum Gasteiger partial charge on any atom is 0.348 e. The molecular formula is C20H24O7. The normalized spacial score (nSPS) is 15.6. The van der Waals surface area contributed by atoms with Gasteiger partial charge in [-0.05, 0) is 43.5 Å². The lowest BCUT2D eigenvalue weighted by Crippen LogP contribution is -2.41. The monoisotopic (exact) mass is 376 g/mol. The molecule has 0 N–H and O–H groups in total. The van der Waals surface area contributed by atoms with Gasteiger partial charge in [0.25, 0.3) is 5.79 Å². The molecule has 0 aliphatic carbocycles. The molecule has 7 nitrogen and oxygen atoms in total. The average Bonchev–Trinajstić information content (AvgIpc) is 2.58. The van der Waals surface area contributed by atoms with Crippen LogP contribution in [0.4, 0.5) is 0 Å². The van der Waals surface area contributed by atoms with E-state index in [0.29, 0.717) is 43.8 Å². The van der Waals surface area contributed by atoms with Crippen molar-refractivity contribution in [1.29, 1.82) is 0 Å². The molecule has 1 aliphatic rings. The summed E-state index contributed by atoms with van der Waals surface area (Å²) < 4.78 is 20.7. The molecule has 1 aromatic rings. The summed E-state index contributed by atoms with van der Waals surface area (Å²) in [5, 5.41) is 0. The molecule has 0 amide bonds. The molecule has 0 aromatic heterocycles. The number of hydrogen-bond acceptors (Lipinski definition) is 7. The van der Waals surface area contributed by atoms with Crippen LogP contribution in [0.25, 0.3) is 6.08 Å². The molecular weight excluding hydrogens is 352 g/mol. The smallest absolute Gasteiger partial charge is 0.348 e. The second kappa shape index (κ2) is 9.21. The van der Waals surface area contributed by atoms with Crippen molar-refractivity contribution in [2.24, 2.45) is 0 Å². The molecule has 2 rings (SSSR count). The number of unbranched alkanes of at least 4 members (excludes halogenated alkanes) is 1. The van der Waals surface area contributed by atoms with Gasteiger partial charge < -0.3 is 18.9 Å². The maximum atomic E-state index is 12.0. The Hall–Kier alpha value is -2.83. The van der Waals surface area contributed by atoms with Gasteiger partial charge in [-0.25, -0.2) is 9.59 Å². The Morgan fingerprint density at radius 1 is 1.15 bits per heavy atom. The molecule has 0 bridgehead atoms. The van der Waals surface area contributed by atoms with Crippen LogP contribution in [-0.4, -0.2) is 36.9 Å². The molecule has 0 saturated carbocycles. The van der Waals surface area contributed by atoms with E-state index in [9.17, 15) is 14.4 Å². The minimum absolute atomic E-state index is 0.166. The van der Waals surface area contributed by atoms with Crippen molar-refractivity contribution in [2.75, 3.05) is 13.2 Å². The third-order valence-corrected chi connectivity index (χ3v) is 3.64. The number of carbonyl (C=O) groups is 3. The van der Waals surface area contributed by atoms with Gasteiger partial charge >= 0.3 is 17.9 Å². The summed E-state index contributed by atoms with van der Waals surface area (Å²) >= 11 is 0. The van der Waals surface area contributed by atoms with Crippen molar-refractivity contribution in [3.63, 3.8) is 0 Å². The van der Waals surface area contributed by atoms with Crippen molar-refractivity contribution in [3.05, 3.63) is 35.4 Å². The second-order valence-electron chi connectivity index (χ2n) is 6.42. The molecule has 1 heterocycles. The Morgan fingerprint density at radius 2 is 1.85 bits per heavy atom. The summed E-state index contributed by atoms with van der Waals surface area (Å²) in [6.45, 7) is 5.59. The van der Waals surface area contributed by atoms with E-state index >= 15 is 0 Å². The van der Waals surface area contributed by atoms with Crippen molar-refractivity contribution < 1.29 is 33.3 Å². The second-order valence-corrected chi connectivity index (χ2v) is 6.42.